The molecule has 1 aromatic rings. The molecule has 1 aliphatic carbocycles. The van der Waals surface area contributed by atoms with Gasteiger partial charge in [-0.15, -0.1) is 0 Å². The summed E-state index contributed by atoms with van der Waals surface area (Å²) in [5.41, 5.74) is 0.913. The van der Waals surface area contributed by atoms with Crippen LogP contribution in [0.4, 0.5) is 4.79 Å². The van der Waals surface area contributed by atoms with Crippen molar-refractivity contribution >= 4 is 23.9 Å². The highest BCUT2D eigenvalue weighted by Gasteiger charge is 2.52. The van der Waals surface area contributed by atoms with Gasteiger partial charge in [-0.05, 0) is 56.4 Å². The molecule has 10 heteroatoms. The van der Waals surface area contributed by atoms with Crippen LogP contribution in [0.3, 0.4) is 0 Å². The minimum Gasteiger partial charge on any atom is -0.460 e. The minimum absolute atomic E-state index is 0.0984. The summed E-state index contributed by atoms with van der Waals surface area (Å²) < 4.78 is 15.9. The Morgan fingerprint density at radius 2 is 1.63 bits per heavy atom. The largest absolute Gasteiger partial charge is 0.460 e. The summed E-state index contributed by atoms with van der Waals surface area (Å²) in [5, 5.41) is 8.27. The Morgan fingerprint density at radius 1 is 0.947 bits per heavy atom. The number of hydrogen-bond donors (Lipinski definition) is 3. The minimum atomic E-state index is -0.915. The molecule has 1 saturated carbocycles. The van der Waals surface area contributed by atoms with Crippen molar-refractivity contribution < 1.29 is 33.4 Å². The van der Waals surface area contributed by atoms with E-state index >= 15 is 0 Å². The number of nitrogens with one attached hydrogen (secondary N) is 3. The van der Waals surface area contributed by atoms with Gasteiger partial charge in [0.2, 0.25) is 5.91 Å². The Labute approximate surface area is 224 Å². The van der Waals surface area contributed by atoms with E-state index in [1.807, 2.05) is 44.2 Å². The molecule has 210 valence electrons. The van der Waals surface area contributed by atoms with Crippen LogP contribution < -0.4 is 16.0 Å². The molecule has 0 radical (unpaired) electrons. The van der Waals surface area contributed by atoms with E-state index in [-0.39, 0.29) is 24.5 Å². The lowest BCUT2D eigenvalue weighted by atomic mass is 9.98. The molecule has 2 fully saturated rings. The Hall–Kier alpha value is -3.14. The molecule has 0 unspecified atom stereocenters. The fourth-order valence-corrected chi connectivity index (χ4v) is 4.41. The summed E-state index contributed by atoms with van der Waals surface area (Å²) in [4.78, 5) is 49.5. The first-order valence-corrected chi connectivity index (χ1v) is 13.7. The first kappa shape index (κ1) is 29.4. The van der Waals surface area contributed by atoms with E-state index in [0.29, 0.717) is 32.4 Å². The fraction of sp³-hybridized carbons (Fsp3) is 0.643. The lowest BCUT2D eigenvalue weighted by molar-refractivity contribution is -0.152. The number of hydrogen-bond acceptors (Lipinski definition) is 7. The van der Waals surface area contributed by atoms with E-state index in [9.17, 15) is 19.2 Å². The Balaban J connectivity index is 1.30. The van der Waals surface area contributed by atoms with E-state index in [0.717, 1.165) is 37.7 Å². The molecule has 0 aromatic heterocycles. The van der Waals surface area contributed by atoms with E-state index < -0.39 is 36.2 Å². The van der Waals surface area contributed by atoms with Crippen molar-refractivity contribution in [1.29, 1.82) is 0 Å². The van der Waals surface area contributed by atoms with Gasteiger partial charge < -0.3 is 30.2 Å². The Morgan fingerprint density at radius 3 is 2.32 bits per heavy atom. The zero-order valence-corrected chi connectivity index (χ0v) is 22.4. The Kier molecular flexibility index (Phi) is 11.9. The molecule has 1 saturated heterocycles. The lowest BCUT2D eigenvalue weighted by Crippen LogP contribution is -2.49. The quantitative estimate of drug-likeness (QED) is 0.191. The summed E-state index contributed by atoms with van der Waals surface area (Å²) in [6.07, 6.45) is 4.29. The number of epoxide rings is 1. The van der Waals surface area contributed by atoms with Crippen molar-refractivity contribution in [1.82, 2.24) is 16.0 Å². The van der Waals surface area contributed by atoms with Gasteiger partial charge in [0.25, 0.3) is 5.91 Å². The molecule has 3 atom stereocenters. The summed E-state index contributed by atoms with van der Waals surface area (Å²) in [5.74, 6) is -1.09. The number of carbonyl (C=O) groups is 4. The highest BCUT2D eigenvalue weighted by atomic mass is 16.6. The number of alkyl carbamates (subject to hydrolysis) is 1. The summed E-state index contributed by atoms with van der Waals surface area (Å²) in [7, 11) is 0. The molecular weight excluding hydrogens is 490 g/mol. The second-order valence-electron chi connectivity index (χ2n) is 10.4. The lowest BCUT2D eigenvalue weighted by Gasteiger charge is -2.21. The molecule has 0 bridgehead atoms. The molecule has 2 aliphatic rings. The van der Waals surface area contributed by atoms with Crippen LogP contribution in [0.2, 0.25) is 0 Å². The van der Waals surface area contributed by atoms with Crippen molar-refractivity contribution in [2.75, 3.05) is 13.1 Å². The summed E-state index contributed by atoms with van der Waals surface area (Å²) >= 11 is 0. The van der Waals surface area contributed by atoms with Crippen molar-refractivity contribution in [3.63, 3.8) is 0 Å². The maximum absolute atomic E-state index is 12.7. The third-order valence-electron chi connectivity index (χ3n) is 6.54. The number of esters is 1. The van der Waals surface area contributed by atoms with Crippen LogP contribution in [-0.4, -0.2) is 61.3 Å². The van der Waals surface area contributed by atoms with E-state index in [1.54, 1.807) is 0 Å². The Bertz CT molecular complexity index is 918. The third-order valence-corrected chi connectivity index (χ3v) is 6.54. The van der Waals surface area contributed by atoms with Gasteiger partial charge in [-0.2, -0.15) is 0 Å². The first-order valence-electron chi connectivity index (χ1n) is 13.7. The zero-order chi connectivity index (χ0) is 27.3. The maximum atomic E-state index is 12.7. The fourth-order valence-electron chi connectivity index (χ4n) is 4.41. The second-order valence-corrected chi connectivity index (χ2v) is 10.4. The van der Waals surface area contributed by atoms with Crippen LogP contribution in [0, 0.1) is 5.92 Å². The topological polar surface area (TPSA) is 135 Å². The number of ether oxygens (including phenoxy) is 3. The first-order chi connectivity index (χ1) is 18.3. The predicted molar refractivity (Wildman–Crippen MR) is 140 cm³/mol. The number of amides is 3. The standard InChI is InChI=1S/C28H41N3O7/c1-19(2)17-22(31-26(33)23-24(38-23)27(34)37-21-13-7-4-8-14-21)25(32)29-15-9-10-16-30-28(35)36-18-20-11-5-3-6-12-20/h3,5-6,11-12,19,21-24H,4,7-10,13-18H2,1-2H3,(H,29,32)(H,30,35)(H,31,33)/t22-,23-,24-/m0/s1. The number of unbranched alkanes of at least 4 members (excludes halogenated alkanes) is 1. The van der Waals surface area contributed by atoms with Crippen LogP contribution >= 0.6 is 0 Å². The van der Waals surface area contributed by atoms with E-state index in [2.05, 4.69) is 16.0 Å². The highest BCUT2D eigenvalue weighted by molar-refractivity contribution is 5.95. The van der Waals surface area contributed by atoms with Crippen molar-refractivity contribution in [2.24, 2.45) is 5.92 Å². The molecule has 1 heterocycles. The molecule has 38 heavy (non-hydrogen) atoms. The molecule has 10 nitrogen and oxygen atoms in total. The van der Waals surface area contributed by atoms with Gasteiger partial charge in [0, 0.05) is 13.1 Å². The van der Waals surface area contributed by atoms with Crippen LogP contribution in [-0.2, 0) is 35.2 Å². The predicted octanol–water partition coefficient (Wildman–Crippen LogP) is 2.98. The summed E-state index contributed by atoms with van der Waals surface area (Å²) in [6.45, 7) is 4.97. The normalized spacial score (nSPS) is 19.8. The van der Waals surface area contributed by atoms with E-state index in [1.165, 1.54) is 0 Å². The zero-order valence-electron chi connectivity index (χ0n) is 22.4. The summed E-state index contributed by atoms with van der Waals surface area (Å²) in [6, 6.07) is 8.70. The average Bonchev–Trinajstić information content (AvgIpc) is 3.71. The molecule has 3 amide bonds. The molecule has 0 spiro atoms. The monoisotopic (exact) mass is 531 g/mol. The van der Waals surface area contributed by atoms with E-state index in [4.69, 9.17) is 14.2 Å². The van der Waals surface area contributed by atoms with Gasteiger partial charge in [0.05, 0.1) is 0 Å². The highest BCUT2D eigenvalue weighted by Crippen LogP contribution is 2.27. The van der Waals surface area contributed by atoms with Crippen LogP contribution in [0.1, 0.15) is 70.8 Å². The van der Waals surface area contributed by atoms with Gasteiger partial charge in [0.1, 0.15) is 18.8 Å². The van der Waals surface area contributed by atoms with Crippen LogP contribution in [0.15, 0.2) is 30.3 Å². The molecule has 1 aliphatic heterocycles. The average molecular weight is 532 g/mol. The number of benzene rings is 1. The van der Waals surface area contributed by atoms with Gasteiger partial charge >= 0.3 is 12.1 Å². The van der Waals surface area contributed by atoms with Crippen LogP contribution in [0.5, 0.6) is 0 Å². The van der Waals surface area contributed by atoms with Crippen molar-refractivity contribution in [3.8, 4) is 0 Å². The molecule has 3 N–H and O–H groups in total. The number of rotatable bonds is 14. The van der Waals surface area contributed by atoms with Gasteiger partial charge in [-0.25, -0.2) is 9.59 Å². The second kappa shape index (κ2) is 15.3. The van der Waals surface area contributed by atoms with Crippen molar-refractivity contribution in [3.05, 3.63) is 35.9 Å². The SMILES string of the molecule is CC(C)C[C@H](NC(=O)[C@H]1O[C@@H]1C(=O)OC1CCCCC1)C(=O)NCCCCNC(=O)OCc1ccccc1. The van der Waals surface area contributed by atoms with Gasteiger partial charge in [-0.1, -0.05) is 50.6 Å². The van der Waals surface area contributed by atoms with Crippen LogP contribution in [0.25, 0.3) is 0 Å². The molecule has 3 rings (SSSR count). The number of carbonyl (C=O) groups excluding carboxylic acids is 4. The maximum Gasteiger partial charge on any atom is 0.407 e. The molecular formula is C28H41N3O7. The third kappa shape index (κ3) is 10.3. The van der Waals surface area contributed by atoms with Gasteiger partial charge in [-0.3, -0.25) is 9.59 Å². The molecule has 1 aromatic carbocycles. The smallest absolute Gasteiger partial charge is 0.407 e. The van der Waals surface area contributed by atoms with Crippen molar-refractivity contribution in [2.45, 2.75) is 96.2 Å². The van der Waals surface area contributed by atoms with Gasteiger partial charge in [0.15, 0.2) is 12.2 Å².